The Labute approximate surface area is 134 Å². The van der Waals surface area contributed by atoms with Gasteiger partial charge in [-0.1, -0.05) is 25.1 Å². The van der Waals surface area contributed by atoms with E-state index in [1.165, 1.54) is 6.07 Å². The van der Waals surface area contributed by atoms with Crippen molar-refractivity contribution in [1.82, 2.24) is 4.90 Å². The molecule has 0 saturated carbocycles. The van der Waals surface area contributed by atoms with E-state index in [2.05, 4.69) is 0 Å². The minimum Gasteiger partial charge on any atom is -0.343 e. The fourth-order valence-corrected chi connectivity index (χ4v) is 2.95. The second-order valence-electron chi connectivity index (χ2n) is 6.29. The van der Waals surface area contributed by atoms with Crippen LogP contribution in [0.25, 0.3) is 0 Å². The predicted octanol–water partition coefficient (Wildman–Crippen LogP) is 3.40. The molecule has 0 spiro atoms. The lowest BCUT2D eigenvalue weighted by Gasteiger charge is -2.32. The van der Waals surface area contributed by atoms with Crippen LogP contribution in [0.15, 0.2) is 24.3 Å². The highest BCUT2D eigenvalue weighted by atomic mass is 19.4. The Kier molecular flexibility index (Phi) is 5.68. The maximum absolute atomic E-state index is 12.8. The maximum atomic E-state index is 12.8. The molecule has 0 aliphatic carbocycles. The molecule has 1 heterocycles. The van der Waals surface area contributed by atoms with E-state index in [1.54, 1.807) is 17.9 Å². The molecule has 23 heavy (non-hydrogen) atoms. The van der Waals surface area contributed by atoms with E-state index in [0.717, 1.165) is 25.0 Å². The van der Waals surface area contributed by atoms with Crippen molar-refractivity contribution in [3.8, 4) is 0 Å². The zero-order chi connectivity index (χ0) is 17.0. The van der Waals surface area contributed by atoms with Crippen LogP contribution in [0.4, 0.5) is 13.2 Å². The van der Waals surface area contributed by atoms with Crippen molar-refractivity contribution in [1.29, 1.82) is 0 Å². The van der Waals surface area contributed by atoms with Crippen LogP contribution in [0.2, 0.25) is 0 Å². The molecule has 0 bridgehead atoms. The first-order chi connectivity index (χ1) is 10.8. The summed E-state index contributed by atoms with van der Waals surface area (Å²) < 4.78 is 38.3. The van der Waals surface area contributed by atoms with Crippen molar-refractivity contribution >= 4 is 5.91 Å². The van der Waals surface area contributed by atoms with Crippen LogP contribution in [-0.2, 0) is 11.0 Å². The van der Waals surface area contributed by atoms with Gasteiger partial charge >= 0.3 is 6.18 Å². The second-order valence-corrected chi connectivity index (χ2v) is 6.29. The highest BCUT2D eigenvalue weighted by molar-refractivity contribution is 5.77. The van der Waals surface area contributed by atoms with E-state index in [1.807, 2.05) is 0 Å². The molecule has 0 radical (unpaired) electrons. The van der Waals surface area contributed by atoms with Crippen molar-refractivity contribution in [2.75, 3.05) is 19.6 Å². The van der Waals surface area contributed by atoms with E-state index in [9.17, 15) is 18.0 Å². The minimum absolute atomic E-state index is 0.00498. The van der Waals surface area contributed by atoms with Gasteiger partial charge in [-0.2, -0.15) is 13.2 Å². The summed E-state index contributed by atoms with van der Waals surface area (Å²) in [5.41, 5.74) is 5.51. The first kappa shape index (κ1) is 17.8. The van der Waals surface area contributed by atoms with Gasteiger partial charge in [0.25, 0.3) is 0 Å². The van der Waals surface area contributed by atoms with Crippen LogP contribution in [0.5, 0.6) is 0 Å². The number of halogens is 3. The Bertz CT molecular complexity index is 537. The molecule has 1 amide bonds. The van der Waals surface area contributed by atoms with E-state index < -0.39 is 11.7 Å². The molecule has 1 aliphatic heterocycles. The van der Waals surface area contributed by atoms with Crippen molar-refractivity contribution in [3.05, 3.63) is 35.4 Å². The van der Waals surface area contributed by atoms with Gasteiger partial charge in [-0.3, -0.25) is 4.79 Å². The summed E-state index contributed by atoms with van der Waals surface area (Å²) in [6.45, 7) is 3.81. The van der Waals surface area contributed by atoms with Gasteiger partial charge in [0.1, 0.15) is 0 Å². The van der Waals surface area contributed by atoms with Crippen LogP contribution in [0, 0.1) is 5.92 Å². The van der Waals surface area contributed by atoms with Crippen LogP contribution < -0.4 is 5.73 Å². The number of rotatable bonds is 4. The summed E-state index contributed by atoms with van der Waals surface area (Å²) in [6, 6.07) is 5.23. The Morgan fingerprint density at radius 1 is 1.35 bits per heavy atom. The Morgan fingerprint density at radius 3 is 2.57 bits per heavy atom. The van der Waals surface area contributed by atoms with Crippen LogP contribution in [0.3, 0.4) is 0 Å². The smallest absolute Gasteiger partial charge is 0.343 e. The maximum Gasteiger partial charge on any atom is 0.416 e. The number of piperidine rings is 1. The van der Waals surface area contributed by atoms with Gasteiger partial charge in [0.05, 0.1) is 5.56 Å². The SMILES string of the molecule is CC(CC(=O)N1CCC(CN)CC1)c1cccc(C(F)(F)F)c1. The first-order valence-electron chi connectivity index (χ1n) is 7.96. The number of hydrogen-bond donors (Lipinski definition) is 1. The molecule has 128 valence electrons. The Hall–Kier alpha value is -1.56. The summed E-state index contributed by atoms with van der Waals surface area (Å²) in [5.74, 6) is 0.238. The van der Waals surface area contributed by atoms with Crippen LogP contribution in [-0.4, -0.2) is 30.4 Å². The summed E-state index contributed by atoms with van der Waals surface area (Å²) in [5, 5.41) is 0. The number of nitrogens with two attached hydrogens (primary N) is 1. The standard InChI is InChI=1S/C17H23F3N2O/c1-12(14-3-2-4-15(10-14)17(18,19)20)9-16(23)22-7-5-13(11-21)6-8-22/h2-4,10,12-13H,5-9,11,21H2,1H3. The molecule has 1 fully saturated rings. The lowest BCUT2D eigenvalue weighted by atomic mass is 9.93. The molecule has 6 heteroatoms. The summed E-state index contributed by atoms with van der Waals surface area (Å²) in [4.78, 5) is 14.1. The third kappa shape index (κ3) is 4.70. The van der Waals surface area contributed by atoms with Gasteiger partial charge in [0, 0.05) is 19.5 Å². The number of nitrogens with zero attached hydrogens (tertiary/aromatic N) is 1. The molecule has 1 saturated heterocycles. The molecule has 3 nitrogen and oxygen atoms in total. The van der Waals surface area contributed by atoms with Gasteiger partial charge in [-0.05, 0) is 42.9 Å². The number of alkyl halides is 3. The van der Waals surface area contributed by atoms with Crippen LogP contribution in [0.1, 0.15) is 43.2 Å². The normalized spacial score (nSPS) is 18.0. The van der Waals surface area contributed by atoms with Gasteiger partial charge in [0.2, 0.25) is 5.91 Å². The number of carbonyl (C=O) groups is 1. The molecule has 1 aliphatic rings. The van der Waals surface area contributed by atoms with Gasteiger partial charge < -0.3 is 10.6 Å². The molecule has 2 N–H and O–H groups in total. The van der Waals surface area contributed by atoms with E-state index >= 15 is 0 Å². The van der Waals surface area contributed by atoms with Gasteiger partial charge in [0.15, 0.2) is 0 Å². The highest BCUT2D eigenvalue weighted by Gasteiger charge is 2.31. The monoisotopic (exact) mass is 328 g/mol. The Balaban J connectivity index is 1.96. The van der Waals surface area contributed by atoms with Crippen LogP contribution >= 0.6 is 0 Å². The lowest BCUT2D eigenvalue weighted by molar-refractivity contribution is -0.137. The zero-order valence-corrected chi connectivity index (χ0v) is 13.3. The average molecular weight is 328 g/mol. The Morgan fingerprint density at radius 2 is 2.00 bits per heavy atom. The molecule has 1 aromatic rings. The molecule has 2 rings (SSSR count). The quantitative estimate of drug-likeness (QED) is 0.921. The minimum atomic E-state index is -4.36. The molecule has 1 atom stereocenters. The largest absolute Gasteiger partial charge is 0.416 e. The highest BCUT2D eigenvalue weighted by Crippen LogP contribution is 2.32. The zero-order valence-electron chi connectivity index (χ0n) is 13.3. The summed E-state index contributed by atoms with van der Waals surface area (Å²) in [6.07, 6.45) is -2.32. The number of hydrogen-bond acceptors (Lipinski definition) is 2. The molecule has 1 aromatic carbocycles. The molecule has 1 unspecified atom stereocenters. The van der Waals surface area contributed by atoms with E-state index in [0.29, 0.717) is 31.1 Å². The number of amides is 1. The molecular weight excluding hydrogens is 305 g/mol. The molecule has 0 aromatic heterocycles. The number of carbonyl (C=O) groups excluding carboxylic acids is 1. The molecular formula is C17H23F3N2O. The van der Waals surface area contributed by atoms with Gasteiger partial charge in [-0.25, -0.2) is 0 Å². The second kappa shape index (κ2) is 7.34. The number of benzene rings is 1. The van der Waals surface area contributed by atoms with Crippen molar-refractivity contribution < 1.29 is 18.0 Å². The van der Waals surface area contributed by atoms with Crippen molar-refractivity contribution in [3.63, 3.8) is 0 Å². The van der Waals surface area contributed by atoms with E-state index in [4.69, 9.17) is 5.73 Å². The summed E-state index contributed by atoms with van der Waals surface area (Å²) >= 11 is 0. The fourth-order valence-electron chi connectivity index (χ4n) is 2.95. The average Bonchev–Trinajstić information content (AvgIpc) is 2.54. The lowest BCUT2D eigenvalue weighted by Crippen LogP contribution is -2.40. The predicted molar refractivity (Wildman–Crippen MR) is 82.8 cm³/mol. The third-order valence-corrected chi connectivity index (χ3v) is 4.56. The van der Waals surface area contributed by atoms with E-state index in [-0.39, 0.29) is 18.2 Å². The topological polar surface area (TPSA) is 46.3 Å². The van der Waals surface area contributed by atoms with Gasteiger partial charge in [-0.15, -0.1) is 0 Å². The summed E-state index contributed by atoms with van der Waals surface area (Å²) in [7, 11) is 0. The fraction of sp³-hybridized carbons (Fsp3) is 0.588. The van der Waals surface area contributed by atoms with Crippen molar-refractivity contribution in [2.24, 2.45) is 11.7 Å². The van der Waals surface area contributed by atoms with Crippen molar-refractivity contribution in [2.45, 2.75) is 38.3 Å². The first-order valence-corrected chi connectivity index (χ1v) is 7.96. The number of likely N-dealkylation sites (tertiary alicyclic amines) is 1. The third-order valence-electron chi connectivity index (χ3n) is 4.56.